The number of aliphatic hydroxyl groups excluding tert-OH is 1. The Labute approximate surface area is 122 Å². The summed E-state index contributed by atoms with van der Waals surface area (Å²) in [5, 5.41) is 12.4. The SMILES string of the molecule is CC(C)(C(=O)N1CCCC1CCCO)C1CCCNC1. The molecule has 2 aliphatic rings. The van der Waals surface area contributed by atoms with E-state index in [1.165, 1.54) is 6.42 Å². The largest absolute Gasteiger partial charge is 0.396 e. The zero-order chi connectivity index (χ0) is 14.6. The molecule has 2 rings (SSSR count). The summed E-state index contributed by atoms with van der Waals surface area (Å²) in [4.78, 5) is 15.1. The van der Waals surface area contributed by atoms with Crippen LogP contribution in [-0.4, -0.2) is 48.2 Å². The van der Waals surface area contributed by atoms with Crippen molar-refractivity contribution in [2.75, 3.05) is 26.2 Å². The second kappa shape index (κ2) is 6.90. The topological polar surface area (TPSA) is 52.6 Å². The van der Waals surface area contributed by atoms with Crippen molar-refractivity contribution in [1.29, 1.82) is 0 Å². The van der Waals surface area contributed by atoms with Gasteiger partial charge in [-0.05, 0) is 57.5 Å². The zero-order valence-corrected chi connectivity index (χ0v) is 13.0. The molecular weight excluding hydrogens is 252 g/mol. The normalized spacial score (nSPS) is 27.9. The van der Waals surface area contributed by atoms with Crippen LogP contribution in [0.5, 0.6) is 0 Å². The van der Waals surface area contributed by atoms with Crippen LogP contribution in [0.4, 0.5) is 0 Å². The standard InChI is InChI=1S/C16H30N2O2/c1-16(2,13-6-3-9-17-12-13)15(20)18-10-4-7-14(18)8-5-11-19/h13-14,17,19H,3-12H2,1-2H3. The van der Waals surface area contributed by atoms with Crippen molar-refractivity contribution in [3.05, 3.63) is 0 Å². The van der Waals surface area contributed by atoms with E-state index in [-0.39, 0.29) is 12.0 Å². The lowest BCUT2D eigenvalue weighted by Gasteiger charge is -2.40. The van der Waals surface area contributed by atoms with Gasteiger partial charge in [0.1, 0.15) is 0 Å². The van der Waals surface area contributed by atoms with Crippen molar-refractivity contribution in [1.82, 2.24) is 10.2 Å². The lowest BCUT2D eigenvalue weighted by molar-refractivity contribution is -0.144. The van der Waals surface area contributed by atoms with Gasteiger partial charge in [0, 0.05) is 24.6 Å². The Hall–Kier alpha value is -0.610. The molecule has 0 radical (unpaired) electrons. The number of rotatable bonds is 5. The minimum Gasteiger partial charge on any atom is -0.396 e. The maximum atomic E-state index is 13.0. The summed E-state index contributed by atoms with van der Waals surface area (Å²) in [6, 6.07) is 0.352. The molecule has 116 valence electrons. The summed E-state index contributed by atoms with van der Waals surface area (Å²) >= 11 is 0. The van der Waals surface area contributed by atoms with Crippen LogP contribution in [0.25, 0.3) is 0 Å². The fourth-order valence-corrected chi connectivity index (χ4v) is 3.74. The second-order valence-electron chi connectivity index (χ2n) is 6.93. The summed E-state index contributed by atoms with van der Waals surface area (Å²) in [5.74, 6) is 0.773. The monoisotopic (exact) mass is 282 g/mol. The lowest BCUT2D eigenvalue weighted by atomic mass is 9.74. The molecular formula is C16H30N2O2. The molecule has 0 aromatic heterocycles. The quantitative estimate of drug-likeness (QED) is 0.808. The average molecular weight is 282 g/mol. The number of carbonyl (C=O) groups excluding carboxylic acids is 1. The Morgan fingerprint density at radius 2 is 2.15 bits per heavy atom. The number of carbonyl (C=O) groups is 1. The highest BCUT2D eigenvalue weighted by Crippen LogP contribution is 2.36. The number of nitrogens with zero attached hydrogens (tertiary/aromatic N) is 1. The van der Waals surface area contributed by atoms with Gasteiger partial charge >= 0.3 is 0 Å². The van der Waals surface area contributed by atoms with Crippen molar-refractivity contribution in [3.8, 4) is 0 Å². The Balaban J connectivity index is 2.00. The van der Waals surface area contributed by atoms with Gasteiger partial charge in [0.2, 0.25) is 5.91 Å². The molecule has 0 saturated carbocycles. The molecule has 0 aromatic rings. The van der Waals surface area contributed by atoms with Crippen LogP contribution >= 0.6 is 0 Å². The van der Waals surface area contributed by atoms with E-state index in [2.05, 4.69) is 24.1 Å². The minimum atomic E-state index is -0.269. The fraction of sp³-hybridized carbons (Fsp3) is 0.938. The highest BCUT2D eigenvalue weighted by molar-refractivity contribution is 5.83. The number of hydrogen-bond donors (Lipinski definition) is 2. The lowest BCUT2D eigenvalue weighted by Crippen LogP contribution is -2.50. The summed E-state index contributed by atoms with van der Waals surface area (Å²) in [7, 11) is 0. The molecule has 2 saturated heterocycles. The van der Waals surface area contributed by atoms with Gasteiger partial charge in [-0.1, -0.05) is 13.8 Å². The third-order valence-electron chi connectivity index (χ3n) is 5.20. The molecule has 2 atom stereocenters. The minimum absolute atomic E-state index is 0.231. The fourth-order valence-electron chi connectivity index (χ4n) is 3.74. The Morgan fingerprint density at radius 1 is 1.35 bits per heavy atom. The van der Waals surface area contributed by atoms with Gasteiger partial charge in [0.05, 0.1) is 0 Å². The summed E-state index contributed by atoms with van der Waals surface area (Å²) in [6.45, 7) is 7.42. The van der Waals surface area contributed by atoms with Crippen LogP contribution in [0.15, 0.2) is 0 Å². The van der Waals surface area contributed by atoms with Gasteiger partial charge in [0.25, 0.3) is 0 Å². The van der Waals surface area contributed by atoms with Crippen LogP contribution in [0.1, 0.15) is 52.4 Å². The number of likely N-dealkylation sites (tertiary alicyclic amines) is 1. The van der Waals surface area contributed by atoms with Gasteiger partial charge in [-0.15, -0.1) is 0 Å². The van der Waals surface area contributed by atoms with Crippen LogP contribution in [0, 0.1) is 11.3 Å². The number of hydrogen-bond acceptors (Lipinski definition) is 3. The van der Waals surface area contributed by atoms with E-state index in [0.717, 1.165) is 51.7 Å². The van der Waals surface area contributed by atoms with E-state index in [9.17, 15) is 4.79 Å². The maximum Gasteiger partial charge on any atom is 0.228 e. The van der Waals surface area contributed by atoms with E-state index < -0.39 is 0 Å². The molecule has 0 aromatic carbocycles. The summed E-state index contributed by atoms with van der Waals surface area (Å²) < 4.78 is 0. The van der Waals surface area contributed by atoms with Gasteiger partial charge in [0.15, 0.2) is 0 Å². The molecule has 0 spiro atoms. The molecule has 2 fully saturated rings. The number of amides is 1. The van der Waals surface area contributed by atoms with Gasteiger partial charge in [-0.2, -0.15) is 0 Å². The third-order valence-corrected chi connectivity index (χ3v) is 5.20. The average Bonchev–Trinajstić information content (AvgIpc) is 2.93. The van der Waals surface area contributed by atoms with Crippen molar-refractivity contribution in [2.45, 2.75) is 58.4 Å². The van der Waals surface area contributed by atoms with E-state index in [1.807, 2.05) is 0 Å². The van der Waals surface area contributed by atoms with Crippen LogP contribution < -0.4 is 5.32 Å². The predicted octanol–water partition coefficient (Wildman–Crippen LogP) is 1.78. The van der Waals surface area contributed by atoms with Crippen LogP contribution in [0.2, 0.25) is 0 Å². The second-order valence-corrected chi connectivity index (χ2v) is 6.93. The van der Waals surface area contributed by atoms with Crippen LogP contribution in [-0.2, 0) is 4.79 Å². The number of nitrogens with one attached hydrogen (secondary N) is 1. The molecule has 2 heterocycles. The molecule has 2 N–H and O–H groups in total. The van der Waals surface area contributed by atoms with Gasteiger partial charge in [-0.3, -0.25) is 4.79 Å². The highest BCUT2D eigenvalue weighted by atomic mass is 16.3. The Morgan fingerprint density at radius 3 is 2.80 bits per heavy atom. The van der Waals surface area contributed by atoms with E-state index >= 15 is 0 Å². The molecule has 0 aliphatic carbocycles. The number of piperidine rings is 1. The van der Waals surface area contributed by atoms with Crippen molar-refractivity contribution in [3.63, 3.8) is 0 Å². The maximum absolute atomic E-state index is 13.0. The zero-order valence-electron chi connectivity index (χ0n) is 13.0. The molecule has 1 amide bonds. The molecule has 2 aliphatic heterocycles. The summed E-state index contributed by atoms with van der Waals surface area (Å²) in [6.07, 6.45) is 6.29. The Bertz CT molecular complexity index is 324. The van der Waals surface area contributed by atoms with Crippen LogP contribution in [0.3, 0.4) is 0 Å². The smallest absolute Gasteiger partial charge is 0.228 e. The summed E-state index contributed by atoms with van der Waals surface area (Å²) in [5.41, 5.74) is -0.269. The van der Waals surface area contributed by atoms with E-state index in [1.54, 1.807) is 0 Å². The first kappa shape index (κ1) is 15.8. The van der Waals surface area contributed by atoms with E-state index in [4.69, 9.17) is 5.11 Å². The highest BCUT2D eigenvalue weighted by Gasteiger charge is 2.42. The third kappa shape index (κ3) is 3.34. The van der Waals surface area contributed by atoms with Crippen molar-refractivity contribution in [2.24, 2.45) is 11.3 Å². The first-order valence-corrected chi connectivity index (χ1v) is 8.20. The molecule has 2 unspecified atom stereocenters. The number of aliphatic hydroxyl groups is 1. The first-order valence-electron chi connectivity index (χ1n) is 8.20. The predicted molar refractivity (Wildman–Crippen MR) is 80.4 cm³/mol. The van der Waals surface area contributed by atoms with Crippen molar-refractivity contribution >= 4 is 5.91 Å². The molecule has 4 heteroatoms. The van der Waals surface area contributed by atoms with E-state index in [0.29, 0.717) is 17.9 Å². The molecule has 0 bridgehead atoms. The Kier molecular flexibility index (Phi) is 5.44. The van der Waals surface area contributed by atoms with Gasteiger partial charge in [-0.25, -0.2) is 0 Å². The molecule has 4 nitrogen and oxygen atoms in total. The first-order chi connectivity index (χ1) is 9.57. The van der Waals surface area contributed by atoms with Gasteiger partial charge < -0.3 is 15.3 Å². The van der Waals surface area contributed by atoms with Crippen molar-refractivity contribution < 1.29 is 9.90 Å². The molecule has 20 heavy (non-hydrogen) atoms.